The van der Waals surface area contributed by atoms with Gasteiger partial charge in [-0.1, -0.05) is 12.1 Å². The number of hydrogen-bond acceptors (Lipinski definition) is 6. The Labute approximate surface area is 211 Å². The van der Waals surface area contributed by atoms with Gasteiger partial charge in [0.05, 0.1) is 17.8 Å². The summed E-state index contributed by atoms with van der Waals surface area (Å²) in [5, 5.41) is 2.66. The van der Waals surface area contributed by atoms with Crippen LogP contribution in [0, 0.1) is 11.7 Å². The molecule has 1 aromatic carbocycles. The molecule has 0 aromatic heterocycles. The third-order valence-corrected chi connectivity index (χ3v) is 8.02. The number of primary amides is 1. The number of carbonyl (C=O) groups excluding carboxylic acids is 3. The Hall–Kier alpha value is -2.66. The van der Waals surface area contributed by atoms with Crippen LogP contribution in [0.4, 0.5) is 9.18 Å². The molecule has 2 aliphatic heterocycles. The quantitative estimate of drug-likeness (QED) is 0.546. The molecular weight excluding hydrogens is 468 g/mol. The van der Waals surface area contributed by atoms with Crippen LogP contribution in [-0.2, 0) is 30.1 Å². The molecule has 3 aliphatic rings. The van der Waals surface area contributed by atoms with Crippen molar-refractivity contribution < 1.29 is 32.8 Å². The van der Waals surface area contributed by atoms with Gasteiger partial charge in [0.1, 0.15) is 17.9 Å². The molecule has 0 spiro atoms. The maximum atomic E-state index is 15.1. The highest BCUT2D eigenvalue weighted by Crippen LogP contribution is 2.43. The van der Waals surface area contributed by atoms with Crippen molar-refractivity contribution in [1.29, 1.82) is 0 Å². The third kappa shape index (κ3) is 4.82. The minimum atomic E-state index is -1.14. The number of nitrogens with two attached hydrogens (primary N) is 1. The number of benzene rings is 1. The summed E-state index contributed by atoms with van der Waals surface area (Å²) in [7, 11) is -0.725. The summed E-state index contributed by atoms with van der Waals surface area (Å²) >= 11 is 0. The van der Waals surface area contributed by atoms with Crippen molar-refractivity contribution in [2.75, 3.05) is 6.61 Å². The van der Waals surface area contributed by atoms with Crippen molar-refractivity contribution in [2.24, 2.45) is 11.7 Å². The molecule has 2 saturated heterocycles. The van der Waals surface area contributed by atoms with Crippen LogP contribution in [0.15, 0.2) is 18.2 Å². The Bertz CT molecular complexity index is 1030. The zero-order valence-corrected chi connectivity index (χ0v) is 21.5. The lowest BCUT2D eigenvalue weighted by atomic mass is 9.78. The van der Waals surface area contributed by atoms with Crippen molar-refractivity contribution in [3.05, 3.63) is 29.6 Å². The second-order valence-corrected chi connectivity index (χ2v) is 10.9. The van der Waals surface area contributed by atoms with Gasteiger partial charge in [-0.25, -0.2) is 9.18 Å². The fourth-order valence-corrected chi connectivity index (χ4v) is 5.34. The van der Waals surface area contributed by atoms with Crippen molar-refractivity contribution >= 4 is 30.5 Å². The fourth-order valence-electron chi connectivity index (χ4n) is 5.34. The van der Waals surface area contributed by atoms with E-state index in [1.807, 2.05) is 27.7 Å². The van der Waals surface area contributed by atoms with Gasteiger partial charge in [0.15, 0.2) is 0 Å². The predicted octanol–water partition coefficient (Wildman–Crippen LogP) is 1.65. The molecule has 4 atom stereocenters. The van der Waals surface area contributed by atoms with Gasteiger partial charge in [-0.2, -0.15) is 0 Å². The van der Waals surface area contributed by atoms with Gasteiger partial charge >= 0.3 is 13.2 Å². The van der Waals surface area contributed by atoms with Crippen LogP contribution in [0.3, 0.4) is 0 Å². The summed E-state index contributed by atoms with van der Waals surface area (Å²) in [5.41, 5.74) is 5.17. The Morgan fingerprint density at radius 2 is 1.89 bits per heavy atom. The number of fused-ring (bicyclic) bond motifs is 2. The molecule has 9 nitrogen and oxygen atoms in total. The standard InChI is InChI=1S/C25H35BFN3O6/c1-6-34-23(33)30-17-10-8-15(11-17)20(30)22(32)29-19(21(28)31)12-14-7-9-16(13-18(14)27)26-35-24(2,3)25(4,5)36-26/h7,9,13,15,17,19-20H,6,8,10-12H2,1-5H3,(H2,28,31)(H,29,32). The minimum absolute atomic E-state index is 0.0103. The van der Waals surface area contributed by atoms with Crippen molar-refractivity contribution in [3.8, 4) is 0 Å². The zero-order chi connectivity index (χ0) is 26.4. The first kappa shape index (κ1) is 26.4. The molecule has 0 radical (unpaired) electrons. The lowest BCUT2D eigenvalue weighted by molar-refractivity contribution is -0.131. The number of likely N-dealkylation sites (tertiary alicyclic amines) is 1. The lowest BCUT2D eigenvalue weighted by Gasteiger charge is -2.34. The van der Waals surface area contributed by atoms with Crippen LogP contribution in [0.5, 0.6) is 0 Å². The molecule has 2 bridgehead atoms. The summed E-state index contributed by atoms with van der Waals surface area (Å²) in [6, 6.07) is 2.60. The zero-order valence-electron chi connectivity index (χ0n) is 21.5. The van der Waals surface area contributed by atoms with Gasteiger partial charge in [-0.05, 0) is 76.9 Å². The molecule has 3 N–H and O–H groups in total. The summed E-state index contributed by atoms with van der Waals surface area (Å²) in [4.78, 5) is 39.4. The summed E-state index contributed by atoms with van der Waals surface area (Å²) in [6.07, 6.45) is 1.68. The predicted molar refractivity (Wildman–Crippen MR) is 131 cm³/mol. The maximum Gasteiger partial charge on any atom is 0.494 e. The average Bonchev–Trinajstić information content (AvgIpc) is 3.46. The van der Waals surface area contributed by atoms with Gasteiger partial charge in [0.25, 0.3) is 0 Å². The van der Waals surface area contributed by atoms with Crippen molar-refractivity contribution in [3.63, 3.8) is 0 Å². The SMILES string of the molecule is CCOC(=O)N1C2CCC(C2)C1C(=O)NC(Cc1ccc(B2OC(C)(C)C(C)(C)O2)cc1F)C(N)=O. The minimum Gasteiger partial charge on any atom is -0.450 e. The van der Waals surface area contributed by atoms with Crippen LogP contribution in [0.25, 0.3) is 0 Å². The number of carbonyl (C=O) groups is 3. The molecule has 4 rings (SSSR count). The third-order valence-electron chi connectivity index (χ3n) is 8.02. The molecular formula is C25H35BFN3O6. The van der Waals surface area contributed by atoms with Crippen LogP contribution in [0.1, 0.15) is 59.4 Å². The van der Waals surface area contributed by atoms with Gasteiger partial charge in [0, 0.05) is 12.5 Å². The van der Waals surface area contributed by atoms with E-state index in [0.29, 0.717) is 11.9 Å². The van der Waals surface area contributed by atoms with Crippen LogP contribution < -0.4 is 16.5 Å². The van der Waals surface area contributed by atoms with E-state index in [4.69, 9.17) is 19.8 Å². The van der Waals surface area contributed by atoms with E-state index in [-0.39, 0.29) is 30.6 Å². The second-order valence-electron chi connectivity index (χ2n) is 10.9. The number of amides is 3. The number of halogens is 1. The normalized spacial score (nSPS) is 26.7. The van der Waals surface area contributed by atoms with E-state index < -0.39 is 54.1 Å². The Morgan fingerprint density at radius 1 is 1.22 bits per heavy atom. The second kappa shape index (κ2) is 9.66. The van der Waals surface area contributed by atoms with Gasteiger partial charge < -0.3 is 25.1 Å². The van der Waals surface area contributed by atoms with Gasteiger partial charge in [-0.3, -0.25) is 14.5 Å². The molecule has 196 valence electrons. The molecule has 1 saturated carbocycles. The number of nitrogens with one attached hydrogen (secondary N) is 1. The summed E-state index contributed by atoms with van der Waals surface area (Å²) < 4.78 is 32.2. The Kier molecular flexibility index (Phi) is 7.09. The molecule has 1 aliphatic carbocycles. The number of hydrogen-bond donors (Lipinski definition) is 2. The molecule has 4 unspecified atom stereocenters. The first-order valence-corrected chi connectivity index (χ1v) is 12.5. The molecule has 11 heteroatoms. The Morgan fingerprint density at radius 3 is 2.47 bits per heavy atom. The van der Waals surface area contributed by atoms with E-state index in [0.717, 1.165) is 12.8 Å². The molecule has 3 fully saturated rings. The first-order chi connectivity index (χ1) is 16.8. The highest BCUT2D eigenvalue weighted by molar-refractivity contribution is 6.62. The first-order valence-electron chi connectivity index (χ1n) is 12.5. The van der Waals surface area contributed by atoms with Crippen molar-refractivity contribution in [2.45, 2.75) is 89.6 Å². The topological polar surface area (TPSA) is 120 Å². The van der Waals surface area contributed by atoms with Crippen molar-refractivity contribution in [1.82, 2.24) is 10.2 Å². The van der Waals surface area contributed by atoms with Gasteiger partial charge in [0.2, 0.25) is 11.8 Å². The van der Waals surface area contributed by atoms with E-state index in [2.05, 4.69) is 5.32 Å². The maximum absolute atomic E-state index is 15.1. The Balaban J connectivity index is 1.46. The van der Waals surface area contributed by atoms with Crippen LogP contribution in [-0.4, -0.2) is 65.9 Å². The summed E-state index contributed by atoms with van der Waals surface area (Å²) in [5.74, 6) is -1.84. The molecule has 36 heavy (non-hydrogen) atoms. The van der Waals surface area contributed by atoms with E-state index in [1.54, 1.807) is 19.1 Å². The van der Waals surface area contributed by atoms with Crippen LogP contribution >= 0.6 is 0 Å². The molecule has 2 heterocycles. The van der Waals surface area contributed by atoms with Crippen LogP contribution in [0.2, 0.25) is 0 Å². The summed E-state index contributed by atoms with van der Waals surface area (Å²) in [6.45, 7) is 9.56. The van der Waals surface area contributed by atoms with E-state index in [1.165, 1.54) is 11.0 Å². The lowest BCUT2D eigenvalue weighted by Crippen LogP contribution is -2.57. The van der Waals surface area contributed by atoms with E-state index in [9.17, 15) is 14.4 Å². The monoisotopic (exact) mass is 503 g/mol. The average molecular weight is 503 g/mol. The highest BCUT2D eigenvalue weighted by atomic mass is 19.1. The smallest absolute Gasteiger partial charge is 0.450 e. The number of rotatable bonds is 7. The number of ether oxygens (including phenoxy) is 1. The highest BCUT2D eigenvalue weighted by Gasteiger charge is 2.53. The number of piperidine rings is 1. The van der Waals surface area contributed by atoms with E-state index >= 15 is 4.39 Å². The molecule has 1 aromatic rings. The molecule has 3 amide bonds. The number of nitrogens with zero attached hydrogens (tertiary/aromatic N) is 1. The fraction of sp³-hybridized carbons (Fsp3) is 0.640. The largest absolute Gasteiger partial charge is 0.494 e. The van der Waals surface area contributed by atoms with Gasteiger partial charge in [-0.15, -0.1) is 0 Å².